The second-order valence-corrected chi connectivity index (χ2v) is 11.9. The molecule has 0 amide bonds. The van der Waals surface area contributed by atoms with Crippen LogP contribution < -0.4 is 15.5 Å². The zero-order valence-corrected chi connectivity index (χ0v) is 21.7. The molecule has 0 unspecified atom stereocenters. The molecule has 2 N–H and O–H groups in total. The quantitative estimate of drug-likeness (QED) is 0.384. The van der Waals surface area contributed by atoms with Crippen molar-refractivity contribution < 1.29 is 8.42 Å². The molecule has 0 radical (unpaired) electrons. The summed E-state index contributed by atoms with van der Waals surface area (Å²) in [5.74, 6) is 2.00. The molecule has 0 aliphatic rings. The molecule has 0 spiro atoms. The fourth-order valence-corrected chi connectivity index (χ4v) is 4.49. The van der Waals surface area contributed by atoms with Gasteiger partial charge in [-0.25, -0.2) is 18.4 Å². The molecule has 2 heterocycles. The molecule has 0 bridgehead atoms. The van der Waals surface area contributed by atoms with Crippen molar-refractivity contribution in [3.05, 3.63) is 60.3 Å². The number of hydrogen-bond donors (Lipinski definition) is 2. The Morgan fingerprint density at radius 3 is 2.40 bits per heavy atom. The van der Waals surface area contributed by atoms with Crippen LogP contribution in [0, 0.1) is 0 Å². The molecule has 2 aromatic carbocycles. The van der Waals surface area contributed by atoms with Crippen molar-refractivity contribution >= 4 is 50.0 Å². The van der Waals surface area contributed by atoms with Crippen LogP contribution in [0.4, 0.5) is 29.1 Å². The van der Waals surface area contributed by atoms with E-state index in [4.69, 9.17) is 4.98 Å². The summed E-state index contributed by atoms with van der Waals surface area (Å²) >= 11 is 0. The largest absolute Gasteiger partial charge is 0.351 e. The second-order valence-electron chi connectivity index (χ2n) is 9.73. The zero-order chi connectivity index (χ0) is 25.4. The van der Waals surface area contributed by atoms with Crippen LogP contribution in [0.15, 0.2) is 54.7 Å². The molecular formula is C25H31N7O2S. The number of hydrogen-bond acceptors (Lipinski definition) is 8. The highest BCUT2D eigenvalue weighted by atomic mass is 32.2. The fraction of sp³-hybridized carbons (Fsp3) is 0.320. The third-order valence-corrected chi connectivity index (χ3v) is 6.22. The van der Waals surface area contributed by atoms with Crippen molar-refractivity contribution in [1.82, 2.24) is 19.5 Å². The van der Waals surface area contributed by atoms with Gasteiger partial charge in [0.05, 0.1) is 16.8 Å². The number of benzene rings is 2. The molecule has 0 saturated heterocycles. The Hall–Kier alpha value is -3.66. The minimum atomic E-state index is -3.07. The van der Waals surface area contributed by atoms with Gasteiger partial charge in [0.25, 0.3) is 0 Å². The normalized spacial score (nSPS) is 12.1. The predicted octanol–water partition coefficient (Wildman–Crippen LogP) is 4.63. The van der Waals surface area contributed by atoms with Crippen LogP contribution in [0.2, 0.25) is 0 Å². The molecule has 184 valence electrons. The summed E-state index contributed by atoms with van der Waals surface area (Å²) < 4.78 is 25.0. The van der Waals surface area contributed by atoms with Crippen molar-refractivity contribution in [1.29, 1.82) is 0 Å². The smallest absolute Gasteiger partial charge is 0.229 e. The Kier molecular flexibility index (Phi) is 6.42. The van der Waals surface area contributed by atoms with Crippen LogP contribution in [0.1, 0.15) is 26.3 Å². The van der Waals surface area contributed by atoms with Gasteiger partial charge in [0.15, 0.2) is 9.84 Å². The zero-order valence-electron chi connectivity index (χ0n) is 20.9. The number of fused-ring (bicyclic) bond motifs is 1. The fourth-order valence-electron chi connectivity index (χ4n) is 3.69. The summed E-state index contributed by atoms with van der Waals surface area (Å²) in [7, 11) is 0.878. The predicted molar refractivity (Wildman–Crippen MR) is 142 cm³/mol. The highest BCUT2D eigenvalue weighted by molar-refractivity contribution is 7.89. The molecule has 9 nitrogen and oxygen atoms in total. The maximum absolute atomic E-state index is 11.5. The van der Waals surface area contributed by atoms with E-state index in [0.717, 1.165) is 39.7 Å². The number of rotatable bonds is 7. The first-order chi connectivity index (χ1) is 16.4. The van der Waals surface area contributed by atoms with Crippen LogP contribution in [-0.2, 0) is 22.6 Å². The van der Waals surface area contributed by atoms with Crippen molar-refractivity contribution in [2.24, 2.45) is 7.05 Å². The third kappa shape index (κ3) is 6.07. The van der Waals surface area contributed by atoms with E-state index >= 15 is 0 Å². The summed E-state index contributed by atoms with van der Waals surface area (Å²) in [5.41, 5.74) is 4.30. The molecule has 0 aliphatic carbocycles. The maximum atomic E-state index is 11.5. The minimum Gasteiger partial charge on any atom is -0.351 e. The first-order valence-corrected chi connectivity index (χ1v) is 13.3. The van der Waals surface area contributed by atoms with Crippen molar-refractivity contribution in [3.63, 3.8) is 0 Å². The summed E-state index contributed by atoms with van der Waals surface area (Å²) in [6.07, 6.45) is 2.92. The van der Waals surface area contributed by atoms with Gasteiger partial charge in [-0.05, 0) is 62.7 Å². The van der Waals surface area contributed by atoms with Crippen LogP contribution >= 0.6 is 0 Å². The Morgan fingerprint density at radius 1 is 1.03 bits per heavy atom. The SMILES string of the molecule is CN(c1ccc2c(c1)nc(NC(C)(C)C)n2C)c1ccnc(Nc2ccc(CS(C)(=O)=O)cc2)n1. The van der Waals surface area contributed by atoms with E-state index < -0.39 is 9.84 Å². The van der Waals surface area contributed by atoms with Crippen molar-refractivity contribution in [3.8, 4) is 0 Å². The number of nitrogens with one attached hydrogen (secondary N) is 2. The molecule has 0 fully saturated rings. The Bertz CT molecular complexity index is 1460. The van der Waals surface area contributed by atoms with Crippen molar-refractivity contribution in [2.75, 3.05) is 28.8 Å². The monoisotopic (exact) mass is 493 g/mol. The lowest BCUT2D eigenvalue weighted by Gasteiger charge is -2.21. The Balaban J connectivity index is 1.54. The van der Waals surface area contributed by atoms with Crippen LogP contribution in [0.3, 0.4) is 0 Å². The van der Waals surface area contributed by atoms with Gasteiger partial charge >= 0.3 is 0 Å². The molecule has 2 aromatic heterocycles. The van der Waals surface area contributed by atoms with Crippen LogP contribution in [0.25, 0.3) is 11.0 Å². The van der Waals surface area contributed by atoms with Crippen LogP contribution in [-0.4, -0.2) is 46.8 Å². The number of sulfone groups is 1. The lowest BCUT2D eigenvalue weighted by molar-refractivity contribution is 0.601. The molecular weight excluding hydrogens is 462 g/mol. The van der Waals surface area contributed by atoms with E-state index in [-0.39, 0.29) is 11.3 Å². The van der Waals surface area contributed by atoms with E-state index in [1.54, 1.807) is 18.3 Å². The number of nitrogens with zero attached hydrogens (tertiary/aromatic N) is 5. The van der Waals surface area contributed by atoms with Gasteiger partial charge in [-0.3, -0.25) is 0 Å². The minimum absolute atomic E-state index is 0.0123. The molecule has 0 aliphatic heterocycles. The van der Waals surface area contributed by atoms with E-state index in [2.05, 4.69) is 52.0 Å². The van der Waals surface area contributed by atoms with Gasteiger partial charge in [-0.15, -0.1) is 0 Å². The molecule has 10 heteroatoms. The summed E-state index contributed by atoms with van der Waals surface area (Å²) in [6, 6.07) is 15.2. The summed E-state index contributed by atoms with van der Waals surface area (Å²) in [4.78, 5) is 15.7. The van der Waals surface area contributed by atoms with E-state index in [9.17, 15) is 8.42 Å². The van der Waals surface area contributed by atoms with Gasteiger partial charge < -0.3 is 20.1 Å². The topological polar surface area (TPSA) is 105 Å². The molecule has 35 heavy (non-hydrogen) atoms. The van der Waals surface area contributed by atoms with Gasteiger partial charge in [-0.1, -0.05) is 12.1 Å². The average molecular weight is 494 g/mol. The highest BCUT2D eigenvalue weighted by Crippen LogP contribution is 2.28. The third-order valence-electron chi connectivity index (χ3n) is 5.36. The van der Waals surface area contributed by atoms with Crippen molar-refractivity contribution in [2.45, 2.75) is 32.1 Å². The van der Waals surface area contributed by atoms with E-state index in [0.29, 0.717) is 5.95 Å². The Morgan fingerprint density at radius 2 is 1.74 bits per heavy atom. The summed E-state index contributed by atoms with van der Waals surface area (Å²) in [6.45, 7) is 6.32. The molecule has 4 rings (SSSR count). The number of aromatic nitrogens is 4. The van der Waals surface area contributed by atoms with E-state index in [1.165, 1.54) is 6.26 Å². The standard InChI is InChI=1S/C25H31N7O2S/c1-25(2,3)30-24-28-20-15-19(11-12-21(20)32(24)5)31(4)22-13-14-26-23(29-22)27-18-9-7-17(8-10-18)16-35(6,33)34/h7-15H,16H2,1-6H3,(H,28,30)(H,26,27,29). The summed E-state index contributed by atoms with van der Waals surface area (Å²) in [5, 5.41) is 6.62. The maximum Gasteiger partial charge on any atom is 0.229 e. The van der Waals surface area contributed by atoms with Gasteiger partial charge in [-0.2, -0.15) is 4.98 Å². The molecule has 4 aromatic rings. The van der Waals surface area contributed by atoms with E-state index in [1.807, 2.05) is 49.3 Å². The first kappa shape index (κ1) is 24.5. The second kappa shape index (κ2) is 9.18. The number of imidazole rings is 1. The van der Waals surface area contributed by atoms with Gasteiger partial charge in [0.2, 0.25) is 11.9 Å². The van der Waals surface area contributed by atoms with Gasteiger partial charge in [0, 0.05) is 43.5 Å². The lowest BCUT2D eigenvalue weighted by Crippen LogP contribution is -2.27. The molecule has 0 saturated carbocycles. The average Bonchev–Trinajstić information content (AvgIpc) is 3.07. The Labute approximate surface area is 206 Å². The number of anilines is 5. The van der Waals surface area contributed by atoms with Gasteiger partial charge in [0.1, 0.15) is 5.82 Å². The molecule has 0 atom stereocenters. The lowest BCUT2D eigenvalue weighted by atomic mass is 10.1. The van der Waals surface area contributed by atoms with Crippen LogP contribution in [0.5, 0.6) is 0 Å². The first-order valence-electron chi connectivity index (χ1n) is 11.2. The number of aryl methyl sites for hydroxylation is 1. The highest BCUT2D eigenvalue weighted by Gasteiger charge is 2.16.